The summed E-state index contributed by atoms with van der Waals surface area (Å²) >= 11 is 1.76. The number of benzene rings is 1. The number of hydrogen-bond donors (Lipinski definition) is 3. The van der Waals surface area contributed by atoms with Crippen molar-refractivity contribution in [3.63, 3.8) is 0 Å². The molecule has 17 heavy (non-hydrogen) atoms. The molecule has 0 radical (unpaired) electrons. The second-order valence-electron chi connectivity index (χ2n) is 3.93. The smallest absolute Gasteiger partial charge is 0.0478 e. The molecular weight excluding hydrogens is 234 g/mol. The first-order valence-corrected chi connectivity index (χ1v) is 6.95. The van der Waals surface area contributed by atoms with Crippen molar-refractivity contribution in [3.05, 3.63) is 23.8 Å². The van der Waals surface area contributed by atoms with Crippen molar-refractivity contribution < 1.29 is 10.2 Å². The van der Waals surface area contributed by atoms with Crippen molar-refractivity contribution in [1.82, 2.24) is 0 Å². The summed E-state index contributed by atoms with van der Waals surface area (Å²) in [6.45, 7) is 3.32. The molecule has 0 heterocycles. The molecule has 3 nitrogen and oxygen atoms in total. The van der Waals surface area contributed by atoms with Crippen LogP contribution in [0.25, 0.3) is 0 Å². The molecule has 0 saturated heterocycles. The third-order valence-electron chi connectivity index (χ3n) is 2.35. The van der Waals surface area contributed by atoms with Gasteiger partial charge in [0.15, 0.2) is 0 Å². The molecule has 1 aromatic carbocycles. The van der Waals surface area contributed by atoms with Crippen LogP contribution in [0.2, 0.25) is 0 Å². The molecule has 4 heteroatoms. The number of rotatable bonds is 8. The van der Waals surface area contributed by atoms with Gasteiger partial charge in [0.2, 0.25) is 0 Å². The Labute approximate surface area is 107 Å². The molecule has 0 unspecified atom stereocenters. The van der Waals surface area contributed by atoms with Crippen LogP contribution >= 0.6 is 11.8 Å². The SMILES string of the molecule is Cc1ccc(NCCCO)c(SCCCO)c1. The van der Waals surface area contributed by atoms with E-state index in [1.165, 1.54) is 10.5 Å². The Morgan fingerprint density at radius 3 is 2.65 bits per heavy atom. The zero-order chi connectivity index (χ0) is 12.5. The number of aryl methyl sites for hydroxylation is 1. The Morgan fingerprint density at radius 2 is 1.94 bits per heavy atom. The van der Waals surface area contributed by atoms with Gasteiger partial charge in [-0.25, -0.2) is 0 Å². The van der Waals surface area contributed by atoms with E-state index in [0.29, 0.717) is 0 Å². The van der Waals surface area contributed by atoms with Crippen LogP contribution in [0, 0.1) is 6.92 Å². The van der Waals surface area contributed by atoms with E-state index < -0.39 is 0 Å². The monoisotopic (exact) mass is 255 g/mol. The van der Waals surface area contributed by atoms with E-state index in [-0.39, 0.29) is 13.2 Å². The van der Waals surface area contributed by atoms with Crippen LogP contribution in [0.4, 0.5) is 5.69 Å². The number of aliphatic hydroxyl groups is 2. The predicted octanol–water partition coefficient (Wildman–Crippen LogP) is 2.26. The summed E-state index contributed by atoms with van der Waals surface area (Å²) in [6, 6.07) is 6.31. The molecular formula is C13H21NO2S. The molecule has 3 N–H and O–H groups in total. The summed E-state index contributed by atoms with van der Waals surface area (Å²) in [7, 11) is 0. The van der Waals surface area contributed by atoms with Crippen molar-refractivity contribution in [2.45, 2.75) is 24.7 Å². The Hall–Kier alpha value is -0.710. The lowest BCUT2D eigenvalue weighted by Crippen LogP contribution is -2.04. The molecule has 0 aliphatic rings. The summed E-state index contributed by atoms with van der Waals surface area (Å²) in [5.41, 5.74) is 2.36. The fourth-order valence-corrected chi connectivity index (χ4v) is 2.50. The largest absolute Gasteiger partial charge is 0.396 e. The topological polar surface area (TPSA) is 52.5 Å². The molecule has 0 aliphatic heterocycles. The minimum absolute atomic E-state index is 0.214. The van der Waals surface area contributed by atoms with Gasteiger partial charge in [-0.3, -0.25) is 0 Å². The lowest BCUT2D eigenvalue weighted by molar-refractivity contribution is 0.292. The lowest BCUT2D eigenvalue weighted by atomic mass is 10.2. The van der Waals surface area contributed by atoms with E-state index in [2.05, 4.69) is 30.4 Å². The summed E-state index contributed by atoms with van der Waals surface area (Å²) in [4.78, 5) is 1.22. The first-order valence-electron chi connectivity index (χ1n) is 5.97. The Morgan fingerprint density at radius 1 is 1.18 bits per heavy atom. The fraction of sp³-hybridized carbons (Fsp3) is 0.538. The molecule has 0 fully saturated rings. The van der Waals surface area contributed by atoms with Gasteiger partial charge in [0, 0.05) is 36.1 Å². The maximum absolute atomic E-state index is 8.78. The van der Waals surface area contributed by atoms with Gasteiger partial charge in [0.1, 0.15) is 0 Å². The minimum Gasteiger partial charge on any atom is -0.396 e. The molecule has 1 aromatic rings. The molecule has 0 aliphatic carbocycles. The third-order valence-corrected chi connectivity index (χ3v) is 3.49. The Balaban J connectivity index is 2.59. The summed E-state index contributed by atoms with van der Waals surface area (Å²) < 4.78 is 0. The molecule has 0 atom stereocenters. The van der Waals surface area contributed by atoms with E-state index in [4.69, 9.17) is 10.2 Å². The number of nitrogens with one attached hydrogen (secondary N) is 1. The Kier molecular flexibility index (Phi) is 7.08. The van der Waals surface area contributed by atoms with E-state index in [9.17, 15) is 0 Å². The van der Waals surface area contributed by atoms with Crippen molar-refractivity contribution >= 4 is 17.4 Å². The predicted molar refractivity (Wildman–Crippen MR) is 73.8 cm³/mol. The highest BCUT2D eigenvalue weighted by atomic mass is 32.2. The summed E-state index contributed by atoms with van der Waals surface area (Å²) in [6.07, 6.45) is 1.57. The molecule has 96 valence electrons. The quantitative estimate of drug-likeness (QED) is 0.493. The molecule has 0 aromatic heterocycles. The van der Waals surface area contributed by atoms with E-state index >= 15 is 0 Å². The first-order chi connectivity index (χ1) is 8.27. The van der Waals surface area contributed by atoms with Gasteiger partial charge in [-0.15, -0.1) is 11.8 Å². The van der Waals surface area contributed by atoms with Crippen LogP contribution in [-0.4, -0.2) is 35.7 Å². The highest BCUT2D eigenvalue weighted by molar-refractivity contribution is 7.99. The van der Waals surface area contributed by atoms with Gasteiger partial charge in [0.25, 0.3) is 0 Å². The van der Waals surface area contributed by atoms with Gasteiger partial charge in [-0.1, -0.05) is 6.07 Å². The maximum Gasteiger partial charge on any atom is 0.0478 e. The van der Waals surface area contributed by atoms with Gasteiger partial charge in [-0.2, -0.15) is 0 Å². The van der Waals surface area contributed by atoms with Crippen LogP contribution in [0.15, 0.2) is 23.1 Å². The second kappa shape index (κ2) is 8.39. The molecule has 1 rings (SSSR count). The molecule has 0 spiro atoms. The number of anilines is 1. The average Bonchev–Trinajstić information content (AvgIpc) is 2.32. The van der Waals surface area contributed by atoms with Crippen molar-refractivity contribution in [2.75, 3.05) is 30.8 Å². The molecule has 0 saturated carbocycles. The zero-order valence-corrected chi connectivity index (χ0v) is 11.1. The minimum atomic E-state index is 0.214. The van der Waals surface area contributed by atoms with E-state index in [1.807, 2.05) is 0 Å². The summed E-state index contributed by atoms with van der Waals surface area (Å²) in [5.74, 6) is 0.925. The second-order valence-corrected chi connectivity index (χ2v) is 5.07. The van der Waals surface area contributed by atoms with Crippen LogP contribution in [-0.2, 0) is 0 Å². The number of aliphatic hydroxyl groups excluding tert-OH is 2. The van der Waals surface area contributed by atoms with Gasteiger partial charge >= 0.3 is 0 Å². The van der Waals surface area contributed by atoms with Crippen LogP contribution < -0.4 is 5.32 Å². The zero-order valence-electron chi connectivity index (χ0n) is 10.3. The highest BCUT2D eigenvalue weighted by Gasteiger charge is 2.03. The lowest BCUT2D eigenvalue weighted by Gasteiger charge is -2.12. The first kappa shape index (κ1) is 14.4. The third kappa shape index (κ3) is 5.44. The van der Waals surface area contributed by atoms with Crippen molar-refractivity contribution in [3.8, 4) is 0 Å². The highest BCUT2D eigenvalue weighted by Crippen LogP contribution is 2.28. The Bertz CT molecular complexity index is 331. The number of thioether (sulfide) groups is 1. The van der Waals surface area contributed by atoms with Gasteiger partial charge in [0.05, 0.1) is 0 Å². The van der Waals surface area contributed by atoms with Gasteiger partial charge < -0.3 is 15.5 Å². The van der Waals surface area contributed by atoms with Crippen LogP contribution in [0.1, 0.15) is 18.4 Å². The van der Waals surface area contributed by atoms with E-state index in [1.54, 1.807) is 11.8 Å². The van der Waals surface area contributed by atoms with Gasteiger partial charge in [-0.05, 0) is 37.5 Å². The normalized spacial score (nSPS) is 10.5. The molecule has 0 amide bonds. The number of hydrogen-bond acceptors (Lipinski definition) is 4. The average molecular weight is 255 g/mol. The van der Waals surface area contributed by atoms with Crippen LogP contribution in [0.5, 0.6) is 0 Å². The molecule has 0 bridgehead atoms. The maximum atomic E-state index is 8.78. The van der Waals surface area contributed by atoms with E-state index in [0.717, 1.165) is 30.8 Å². The standard InChI is InChI=1S/C13H21NO2S/c1-11-4-5-12(14-6-2-7-15)13(10-11)17-9-3-8-16/h4-5,10,14-16H,2-3,6-9H2,1H3. The van der Waals surface area contributed by atoms with Crippen LogP contribution in [0.3, 0.4) is 0 Å². The fourth-order valence-electron chi connectivity index (χ4n) is 1.44. The van der Waals surface area contributed by atoms with Crippen molar-refractivity contribution in [1.29, 1.82) is 0 Å². The summed E-state index contributed by atoms with van der Waals surface area (Å²) in [5, 5.41) is 20.9. The van der Waals surface area contributed by atoms with Crippen molar-refractivity contribution in [2.24, 2.45) is 0 Å².